The Balaban J connectivity index is 1.59. The number of carbonyl (C=O) groups excluding carboxylic acids is 2. The number of rotatable bonds is 13. The van der Waals surface area contributed by atoms with Gasteiger partial charge in [-0.05, 0) is 54.1 Å². The predicted molar refractivity (Wildman–Crippen MR) is 164 cm³/mol. The molecule has 2 aliphatic heterocycles. The molecule has 0 bridgehead atoms. The standard InChI is InChI=1S/C32H37N3O2S2/c1-3-5-7-9-19-34-29(25-12-11-21-38-25)27-28(32(34)37)30(35(31(27)36)20-10-8-6-4-2)26-18-17-24(39-26)22-13-15-23(33)16-14-22/h11-18,21H,3-10,19-20,33H2,1-2H3. The van der Waals surface area contributed by atoms with Crippen molar-refractivity contribution < 1.29 is 9.59 Å². The molecule has 1 aromatic carbocycles. The van der Waals surface area contributed by atoms with Crippen molar-refractivity contribution in [3.63, 3.8) is 0 Å². The molecule has 0 aliphatic carbocycles. The van der Waals surface area contributed by atoms with Crippen LogP contribution in [-0.2, 0) is 9.59 Å². The molecule has 0 radical (unpaired) electrons. The van der Waals surface area contributed by atoms with Gasteiger partial charge in [0.05, 0.1) is 32.3 Å². The van der Waals surface area contributed by atoms with E-state index in [1.807, 2.05) is 51.6 Å². The lowest BCUT2D eigenvalue weighted by Gasteiger charge is -2.24. The summed E-state index contributed by atoms with van der Waals surface area (Å²) in [5.74, 6) is -0.0708. The molecule has 204 valence electrons. The van der Waals surface area contributed by atoms with Gasteiger partial charge in [-0.15, -0.1) is 22.7 Å². The average molecular weight is 560 g/mol. The van der Waals surface area contributed by atoms with Crippen molar-refractivity contribution >= 4 is 51.6 Å². The van der Waals surface area contributed by atoms with Gasteiger partial charge >= 0.3 is 0 Å². The number of unbranched alkanes of at least 4 members (excludes halogenated alkanes) is 6. The first-order valence-electron chi connectivity index (χ1n) is 14.2. The second-order valence-electron chi connectivity index (χ2n) is 10.2. The normalized spacial score (nSPS) is 15.3. The Hall–Kier alpha value is -3.16. The molecule has 2 N–H and O–H groups in total. The zero-order valence-corrected chi connectivity index (χ0v) is 24.5. The third kappa shape index (κ3) is 5.48. The van der Waals surface area contributed by atoms with Gasteiger partial charge in [0.15, 0.2) is 0 Å². The zero-order valence-electron chi connectivity index (χ0n) is 22.9. The molecule has 0 unspecified atom stereocenters. The van der Waals surface area contributed by atoms with Crippen molar-refractivity contribution in [3.05, 3.63) is 74.8 Å². The van der Waals surface area contributed by atoms with Gasteiger partial charge in [0.2, 0.25) is 0 Å². The lowest BCUT2D eigenvalue weighted by atomic mass is 10.1. The fraction of sp³-hybridized carbons (Fsp3) is 0.375. The molecule has 0 fully saturated rings. The van der Waals surface area contributed by atoms with Gasteiger partial charge in [-0.2, -0.15) is 0 Å². The Morgan fingerprint density at radius 1 is 0.667 bits per heavy atom. The minimum atomic E-state index is -0.0354. The average Bonchev–Trinajstić information content (AvgIpc) is 3.73. The first-order valence-corrected chi connectivity index (χ1v) is 15.9. The Bertz CT molecular complexity index is 1380. The molecule has 0 spiro atoms. The molecule has 7 heteroatoms. The number of thiophene rings is 2. The first kappa shape index (κ1) is 27.4. The van der Waals surface area contributed by atoms with Gasteiger partial charge in [0.1, 0.15) is 0 Å². The van der Waals surface area contributed by atoms with Crippen LogP contribution >= 0.6 is 22.7 Å². The van der Waals surface area contributed by atoms with Crippen molar-refractivity contribution in [2.24, 2.45) is 0 Å². The van der Waals surface area contributed by atoms with E-state index in [-0.39, 0.29) is 11.8 Å². The summed E-state index contributed by atoms with van der Waals surface area (Å²) in [6, 6.07) is 16.0. The lowest BCUT2D eigenvalue weighted by molar-refractivity contribution is -0.124. The number of anilines is 1. The van der Waals surface area contributed by atoms with Crippen molar-refractivity contribution in [2.45, 2.75) is 65.2 Å². The Kier molecular flexibility index (Phi) is 8.68. The quantitative estimate of drug-likeness (QED) is 0.170. The smallest absolute Gasteiger partial charge is 0.261 e. The van der Waals surface area contributed by atoms with E-state index in [4.69, 9.17) is 5.73 Å². The third-order valence-electron chi connectivity index (χ3n) is 7.44. The van der Waals surface area contributed by atoms with Gasteiger partial charge in [-0.25, -0.2) is 0 Å². The monoisotopic (exact) mass is 559 g/mol. The maximum Gasteiger partial charge on any atom is 0.261 e. The van der Waals surface area contributed by atoms with Crippen molar-refractivity contribution in [3.8, 4) is 10.4 Å². The highest BCUT2D eigenvalue weighted by atomic mass is 32.1. The number of nitrogen functional groups attached to an aromatic ring is 1. The Labute approximate surface area is 239 Å². The highest BCUT2D eigenvalue weighted by Crippen LogP contribution is 2.49. The lowest BCUT2D eigenvalue weighted by Crippen LogP contribution is -2.30. The van der Waals surface area contributed by atoms with E-state index in [9.17, 15) is 9.59 Å². The Morgan fingerprint density at radius 2 is 1.23 bits per heavy atom. The van der Waals surface area contributed by atoms with E-state index < -0.39 is 0 Å². The molecule has 0 saturated carbocycles. The molecule has 5 nitrogen and oxygen atoms in total. The minimum Gasteiger partial charge on any atom is -0.399 e. The highest BCUT2D eigenvalue weighted by molar-refractivity contribution is 7.16. The van der Waals surface area contributed by atoms with Crippen LogP contribution in [0.15, 0.2) is 65.1 Å². The predicted octanol–water partition coefficient (Wildman–Crippen LogP) is 8.03. The van der Waals surface area contributed by atoms with Crippen LogP contribution in [0.25, 0.3) is 21.8 Å². The summed E-state index contributed by atoms with van der Waals surface area (Å²) in [6.07, 6.45) is 8.56. The van der Waals surface area contributed by atoms with Gasteiger partial charge in [0, 0.05) is 23.7 Å². The fourth-order valence-corrected chi connectivity index (χ4v) is 7.27. The summed E-state index contributed by atoms with van der Waals surface area (Å²) >= 11 is 3.22. The van der Waals surface area contributed by atoms with Gasteiger partial charge in [-0.3, -0.25) is 9.59 Å². The molecule has 39 heavy (non-hydrogen) atoms. The molecule has 0 atom stereocenters. The van der Waals surface area contributed by atoms with E-state index >= 15 is 0 Å². The van der Waals surface area contributed by atoms with Crippen LogP contribution in [0.4, 0.5) is 5.69 Å². The van der Waals surface area contributed by atoms with Crippen LogP contribution in [0.1, 0.15) is 75.0 Å². The summed E-state index contributed by atoms with van der Waals surface area (Å²) in [7, 11) is 0. The van der Waals surface area contributed by atoms with Crippen LogP contribution in [0.5, 0.6) is 0 Å². The molecule has 5 rings (SSSR count). The van der Waals surface area contributed by atoms with Crippen molar-refractivity contribution in [1.29, 1.82) is 0 Å². The van der Waals surface area contributed by atoms with Gasteiger partial charge < -0.3 is 15.5 Å². The molecule has 0 saturated heterocycles. The largest absolute Gasteiger partial charge is 0.399 e. The number of benzene rings is 1. The minimum absolute atomic E-state index is 0.0354. The molecule has 4 heterocycles. The van der Waals surface area contributed by atoms with E-state index in [1.165, 1.54) is 0 Å². The molecule has 3 aromatic rings. The summed E-state index contributed by atoms with van der Waals surface area (Å²) in [5.41, 5.74) is 10.5. The van der Waals surface area contributed by atoms with Gasteiger partial charge in [0.25, 0.3) is 11.8 Å². The molecule has 2 amide bonds. The maximum absolute atomic E-state index is 14.2. The number of fused-ring (bicyclic) bond motifs is 1. The Morgan fingerprint density at radius 3 is 1.77 bits per heavy atom. The number of hydrogen-bond acceptors (Lipinski definition) is 5. The summed E-state index contributed by atoms with van der Waals surface area (Å²) in [4.78, 5) is 35.1. The number of carbonyl (C=O) groups is 2. The van der Waals surface area contributed by atoms with Crippen LogP contribution in [0.2, 0.25) is 0 Å². The molecule has 2 aromatic heterocycles. The number of nitrogens with zero attached hydrogens (tertiary/aromatic N) is 2. The van der Waals surface area contributed by atoms with Crippen LogP contribution < -0.4 is 5.73 Å². The number of nitrogens with two attached hydrogens (primary N) is 1. The van der Waals surface area contributed by atoms with Crippen LogP contribution in [-0.4, -0.2) is 34.7 Å². The second-order valence-corrected chi connectivity index (χ2v) is 12.3. The van der Waals surface area contributed by atoms with Crippen molar-refractivity contribution in [2.75, 3.05) is 18.8 Å². The molecular formula is C32H37N3O2S2. The SMILES string of the molecule is CCCCCCN1C(=O)C2=C(c3ccc(-c4ccc(N)cc4)s3)N(CCCCCC)C(=O)C2=C1c1cccs1. The van der Waals surface area contributed by atoms with Crippen LogP contribution in [0, 0.1) is 0 Å². The van der Waals surface area contributed by atoms with E-state index in [2.05, 4.69) is 26.0 Å². The molecule has 2 aliphatic rings. The second kappa shape index (κ2) is 12.3. The van der Waals surface area contributed by atoms with E-state index in [0.29, 0.717) is 24.2 Å². The molecular weight excluding hydrogens is 523 g/mol. The summed E-state index contributed by atoms with van der Waals surface area (Å²) < 4.78 is 0. The summed E-state index contributed by atoms with van der Waals surface area (Å²) in [5, 5.41) is 2.02. The topological polar surface area (TPSA) is 66.6 Å². The zero-order chi connectivity index (χ0) is 27.4. The maximum atomic E-state index is 14.2. The highest BCUT2D eigenvalue weighted by Gasteiger charge is 2.49. The first-order chi connectivity index (χ1) is 19.0. The summed E-state index contributed by atoms with van der Waals surface area (Å²) in [6.45, 7) is 5.64. The number of hydrogen-bond donors (Lipinski definition) is 1. The van der Waals surface area contributed by atoms with E-state index in [1.54, 1.807) is 22.7 Å². The fourth-order valence-electron chi connectivity index (χ4n) is 5.41. The third-order valence-corrected chi connectivity index (χ3v) is 9.46. The van der Waals surface area contributed by atoms with Crippen molar-refractivity contribution in [1.82, 2.24) is 9.80 Å². The number of amides is 2. The van der Waals surface area contributed by atoms with Gasteiger partial charge in [-0.1, -0.05) is 70.6 Å². The van der Waals surface area contributed by atoms with Crippen LogP contribution in [0.3, 0.4) is 0 Å². The van der Waals surface area contributed by atoms with E-state index in [0.717, 1.165) is 88.6 Å².